The van der Waals surface area contributed by atoms with Crippen LogP contribution in [0.5, 0.6) is 11.5 Å². The molecule has 1 heterocycles. The van der Waals surface area contributed by atoms with Crippen LogP contribution < -0.4 is 19.8 Å². The molecule has 10 heteroatoms. The Morgan fingerprint density at radius 2 is 2.03 bits per heavy atom. The molecule has 1 aliphatic rings. The minimum atomic E-state index is -0.571. The first kappa shape index (κ1) is 21.1. The van der Waals surface area contributed by atoms with Crippen molar-refractivity contribution in [1.82, 2.24) is 5.43 Å². The number of methoxy groups -OCH3 is 1. The Morgan fingerprint density at radius 1 is 1.27 bits per heavy atom. The Bertz CT molecular complexity index is 927. The average molecular weight is 414 g/mol. The van der Waals surface area contributed by atoms with Crippen LogP contribution in [0, 0.1) is 10.1 Å². The molecule has 0 spiro atoms. The van der Waals surface area contributed by atoms with E-state index in [1.54, 1.807) is 13.2 Å². The number of carbonyl (C=O) groups excluding carboxylic acids is 1. The first-order valence-electron chi connectivity index (χ1n) is 9.27. The predicted octanol–water partition coefficient (Wildman–Crippen LogP) is 1.97. The maximum Gasteiger partial charge on any atom is 0.310 e. The Morgan fingerprint density at radius 3 is 2.77 bits per heavy atom. The second-order valence-corrected chi connectivity index (χ2v) is 6.33. The lowest BCUT2D eigenvalue weighted by atomic mass is 10.1. The highest BCUT2D eigenvalue weighted by atomic mass is 16.6. The average Bonchev–Trinajstić information content (AvgIpc) is 2.78. The number of hydrogen-bond acceptors (Lipinski definition) is 8. The number of benzene rings is 2. The van der Waals surface area contributed by atoms with Crippen LogP contribution in [-0.2, 0) is 9.53 Å². The van der Waals surface area contributed by atoms with Gasteiger partial charge in [-0.15, -0.1) is 0 Å². The lowest BCUT2D eigenvalue weighted by Crippen LogP contribution is -2.36. The number of carbonyl (C=O) groups is 1. The van der Waals surface area contributed by atoms with E-state index >= 15 is 0 Å². The number of nitro groups is 1. The SMILES string of the molecule is COc1cc(N2CCOCC2)ccc1/C=N/NC(=O)COc1ccccc1[N+](=O)[O-]. The Labute approximate surface area is 173 Å². The lowest BCUT2D eigenvalue weighted by molar-refractivity contribution is -0.385. The van der Waals surface area contributed by atoms with Crippen molar-refractivity contribution >= 4 is 23.5 Å². The highest BCUT2D eigenvalue weighted by molar-refractivity contribution is 5.86. The molecule has 0 radical (unpaired) electrons. The van der Waals surface area contributed by atoms with Gasteiger partial charge < -0.3 is 19.1 Å². The minimum Gasteiger partial charge on any atom is -0.496 e. The Balaban J connectivity index is 1.57. The van der Waals surface area contributed by atoms with E-state index in [2.05, 4.69) is 15.4 Å². The number of morpholine rings is 1. The number of nitrogens with zero attached hydrogens (tertiary/aromatic N) is 3. The number of rotatable bonds is 8. The topological polar surface area (TPSA) is 116 Å². The molecule has 1 aliphatic heterocycles. The fourth-order valence-corrected chi connectivity index (χ4v) is 2.90. The van der Waals surface area contributed by atoms with E-state index in [0.29, 0.717) is 24.5 Å². The number of nitrogens with one attached hydrogen (secondary N) is 1. The number of hydrogen-bond donors (Lipinski definition) is 1. The van der Waals surface area contributed by atoms with Gasteiger partial charge in [-0.25, -0.2) is 5.43 Å². The fourth-order valence-electron chi connectivity index (χ4n) is 2.90. The zero-order valence-corrected chi connectivity index (χ0v) is 16.4. The minimum absolute atomic E-state index is 0.0157. The van der Waals surface area contributed by atoms with Crippen LogP contribution in [0.4, 0.5) is 11.4 Å². The van der Waals surface area contributed by atoms with Gasteiger partial charge in [0, 0.05) is 36.5 Å². The number of anilines is 1. The molecule has 1 N–H and O–H groups in total. The van der Waals surface area contributed by atoms with Crippen molar-refractivity contribution < 1.29 is 23.9 Å². The van der Waals surface area contributed by atoms with Crippen LogP contribution in [0.3, 0.4) is 0 Å². The van der Waals surface area contributed by atoms with Crippen molar-refractivity contribution in [3.8, 4) is 11.5 Å². The van der Waals surface area contributed by atoms with Crippen LogP contribution >= 0.6 is 0 Å². The maximum absolute atomic E-state index is 11.9. The molecular formula is C20H22N4O6. The molecule has 158 valence electrons. The smallest absolute Gasteiger partial charge is 0.310 e. The van der Waals surface area contributed by atoms with Gasteiger partial charge in [-0.05, 0) is 18.2 Å². The van der Waals surface area contributed by atoms with E-state index < -0.39 is 17.4 Å². The number of amides is 1. The molecule has 2 aromatic rings. The molecule has 1 amide bonds. The van der Waals surface area contributed by atoms with E-state index in [9.17, 15) is 14.9 Å². The van der Waals surface area contributed by atoms with Gasteiger partial charge in [0.05, 0.1) is 31.5 Å². The van der Waals surface area contributed by atoms with Crippen molar-refractivity contribution in [2.75, 3.05) is 44.9 Å². The van der Waals surface area contributed by atoms with E-state index in [1.807, 2.05) is 18.2 Å². The molecular weight excluding hydrogens is 392 g/mol. The van der Waals surface area contributed by atoms with Gasteiger partial charge in [0.15, 0.2) is 12.4 Å². The summed E-state index contributed by atoms with van der Waals surface area (Å²) in [4.78, 5) is 24.5. The number of para-hydroxylation sites is 2. The van der Waals surface area contributed by atoms with Gasteiger partial charge in [-0.1, -0.05) is 12.1 Å². The van der Waals surface area contributed by atoms with Crippen molar-refractivity contribution in [2.45, 2.75) is 0 Å². The van der Waals surface area contributed by atoms with E-state index in [-0.39, 0.29) is 11.4 Å². The van der Waals surface area contributed by atoms with Gasteiger partial charge in [-0.3, -0.25) is 14.9 Å². The summed E-state index contributed by atoms with van der Waals surface area (Å²) >= 11 is 0. The van der Waals surface area contributed by atoms with E-state index in [4.69, 9.17) is 14.2 Å². The fraction of sp³-hybridized carbons (Fsp3) is 0.300. The van der Waals surface area contributed by atoms with Crippen LogP contribution in [0.2, 0.25) is 0 Å². The third-order valence-electron chi connectivity index (χ3n) is 4.41. The highest BCUT2D eigenvalue weighted by Gasteiger charge is 2.15. The normalized spacial score (nSPS) is 13.8. The largest absolute Gasteiger partial charge is 0.496 e. The van der Waals surface area contributed by atoms with Gasteiger partial charge in [0.1, 0.15) is 5.75 Å². The molecule has 2 aromatic carbocycles. The summed E-state index contributed by atoms with van der Waals surface area (Å²) in [5.41, 5.74) is 3.83. The van der Waals surface area contributed by atoms with Crippen molar-refractivity contribution in [1.29, 1.82) is 0 Å². The summed E-state index contributed by atoms with van der Waals surface area (Å²) < 4.78 is 16.0. The first-order chi connectivity index (χ1) is 14.6. The molecule has 0 aliphatic carbocycles. The maximum atomic E-state index is 11.9. The summed E-state index contributed by atoms with van der Waals surface area (Å²) in [6, 6.07) is 11.6. The number of nitro benzene ring substituents is 1. The van der Waals surface area contributed by atoms with Crippen LogP contribution in [-0.4, -0.2) is 57.1 Å². The van der Waals surface area contributed by atoms with Gasteiger partial charge in [0.25, 0.3) is 5.91 Å². The second kappa shape index (κ2) is 10.2. The zero-order valence-electron chi connectivity index (χ0n) is 16.4. The van der Waals surface area contributed by atoms with Crippen LogP contribution in [0.15, 0.2) is 47.6 Å². The predicted molar refractivity (Wildman–Crippen MR) is 110 cm³/mol. The highest BCUT2D eigenvalue weighted by Crippen LogP contribution is 2.26. The summed E-state index contributed by atoms with van der Waals surface area (Å²) in [5.74, 6) is 0.0865. The zero-order chi connectivity index (χ0) is 21.3. The van der Waals surface area contributed by atoms with Crippen molar-refractivity contribution in [3.05, 3.63) is 58.1 Å². The molecule has 0 aromatic heterocycles. The molecule has 0 atom stereocenters. The number of ether oxygens (including phenoxy) is 3. The third-order valence-corrected chi connectivity index (χ3v) is 4.41. The lowest BCUT2D eigenvalue weighted by Gasteiger charge is -2.29. The molecule has 3 rings (SSSR count). The molecule has 10 nitrogen and oxygen atoms in total. The summed E-state index contributed by atoms with van der Waals surface area (Å²) in [6.07, 6.45) is 1.46. The van der Waals surface area contributed by atoms with Gasteiger partial charge >= 0.3 is 5.69 Å². The molecule has 1 fully saturated rings. The number of hydrazone groups is 1. The molecule has 0 bridgehead atoms. The monoisotopic (exact) mass is 414 g/mol. The van der Waals surface area contributed by atoms with Crippen molar-refractivity contribution in [2.24, 2.45) is 5.10 Å². The summed E-state index contributed by atoms with van der Waals surface area (Å²) in [6.45, 7) is 2.59. The van der Waals surface area contributed by atoms with E-state index in [1.165, 1.54) is 24.4 Å². The quantitative estimate of drug-likeness (QED) is 0.399. The summed E-state index contributed by atoms with van der Waals surface area (Å²) in [7, 11) is 1.56. The first-order valence-corrected chi connectivity index (χ1v) is 9.27. The van der Waals surface area contributed by atoms with Crippen molar-refractivity contribution in [3.63, 3.8) is 0 Å². The van der Waals surface area contributed by atoms with Gasteiger partial charge in [0.2, 0.25) is 0 Å². The van der Waals surface area contributed by atoms with E-state index in [0.717, 1.165) is 18.8 Å². The third kappa shape index (κ3) is 5.45. The second-order valence-electron chi connectivity index (χ2n) is 6.33. The molecule has 1 saturated heterocycles. The molecule has 0 unspecified atom stereocenters. The van der Waals surface area contributed by atoms with Crippen LogP contribution in [0.1, 0.15) is 5.56 Å². The van der Waals surface area contributed by atoms with Gasteiger partial charge in [-0.2, -0.15) is 5.10 Å². The Hall–Kier alpha value is -3.66. The molecule has 0 saturated carbocycles. The van der Waals surface area contributed by atoms with Crippen LogP contribution in [0.25, 0.3) is 0 Å². The standard InChI is InChI=1S/C20H22N4O6/c1-28-19-12-16(23-8-10-29-11-9-23)7-6-15(19)13-21-22-20(25)14-30-18-5-3-2-4-17(18)24(26)27/h2-7,12-13H,8-11,14H2,1H3,(H,22,25)/b21-13+. The summed E-state index contributed by atoms with van der Waals surface area (Å²) in [5, 5.41) is 14.9. The molecule has 30 heavy (non-hydrogen) atoms. The Kier molecular flexibility index (Phi) is 7.17.